The van der Waals surface area contributed by atoms with E-state index >= 15 is 0 Å². The van der Waals surface area contributed by atoms with Crippen molar-refractivity contribution in [2.24, 2.45) is 11.8 Å². The highest BCUT2D eigenvalue weighted by atomic mass is 16.5. The number of ether oxygens (including phenoxy) is 2. The molecule has 3 heterocycles. The molecule has 6 rings (SSSR count). The van der Waals surface area contributed by atoms with Gasteiger partial charge in [0.25, 0.3) is 5.91 Å². The van der Waals surface area contributed by atoms with Gasteiger partial charge in [0.2, 0.25) is 11.8 Å². The van der Waals surface area contributed by atoms with Crippen LogP contribution < -0.4 is 14.5 Å². The summed E-state index contributed by atoms with van der Waals surface area (Å²) in [7, 11) is 0. The standard InChI is InChI=1S/C36H39N3O6/c1-4-19-37(26-13-15-28(16-14-26)44-6-3)33(41)30-29-17-18-36(45-29)31(30)34(42)39(21-22-40)32(36)35(43)38(20-5-2)27-12-11-24-9-7-8-10-25(24)23-27/h4-5,7-16,23,29-32,40H,1-2,6,17-22H2,3H3/t29-,30+,31-,32?,36?/m0/s1. The summed E-state index contributed by atoms with van der Waals surface area (Å²) in [4.78, 5) is 48.0. The van der Waals surface area contributed by atoms with E-state index in [1.54, 1.807) is 34.1 Å². The number of carbonyl (C=O) groups excluding carboxylic acids is 3. The Bertz CT molecular complexity index is 1620. The van der Waals surface area contributed by atoms with Gasteiger partial charge in [0.15, 0.2) is 0 Å². The van der Waals surface area contributed by atoms with Crippen LogP contribution in [0.3, 0.4) is 0 Å². The van der Waals surface area contributed by atoms with E-state index in [4.69, 9.17) is 9.47 Å². The van der Waals surface area contributed by atoms with Gasteiger partial charge in [-0.1, -0.05) is 42.5 Å². The van der Waals surface area contributed by atoms with E-state index in [2.05, 4.69) is 13.2 Å². The molecule has 0 saturated carbocycles. The van der Waals surface area contributed by atoms with Gasteiger partial charge >= 0.3 is 0 Å². The molecule has 1 N–H and O–H groups in total. The van der Waals surface area contributed by atoms with Crippen LogP contribution >= 0.6 is 0 Å². The van der Waals surface area contributed by atoms with Gasteiger partial charge in [-0.25, -0.2) is 0 Å². The zero-order chi connectivity index (χ0) is 31.7. The van der Waals surface area contributed by atoms with Crippen LogP contribution in [0.2, 0.25) is 0 Å². The van der Waals surface area contributed by atoms with E-state index in [0.717, 1.165) is 10.8 Å². The van der Waals surface area contributed by atoms with Crippen molar-refractivity contribution in [2.75, 3.05) is 42.6 Å². The lowest BCUT2D eigenvalue weighted by Crippen LogP contribution is -2.57. The molecule has 0 radical (unpaired) electrons. The molecule has 2 unspecified atom stereocenters. The van der Waals surface area contributed by atoms with Crippen LogP contribution in [0.4, 0.5) is 11.4 Å². The molecule has 3 amide bonds. The molecule has 9 heteroatoms. The molecule has 3 aliphatic heterocycles. The summed E-state index contributed by atoms with van der Waals surface area (Å²) in [6.07, 6.45) is 3.79. The third-order valence-corrected chi connectivity index (χ3v) is 9.32. The summed E-state index contributed by atoms with van der Waals surface area (Å²) in [5.41, 5.74) is 0.130. The summed E-state index contributed by atoms with van der Waals surface area (Å²) in [5.74, 6) is -1.87. The number of carbonyl (C=O) groups is 3. The van der Waals surface area contributed by atoms with Gasteiger partial charge in [-0.15, -0.1) is 13.2 Å². The smallest absolute Gasteiger partial charge is 0.253 e. The molecule has 2 bridgehead atoms. The number of β-amino-alcohol motifs (C(OH)–C–C–N with tert-alkyl or cyclic N) is 1. The van der Waals surface area contributed by atoms with Crippen LogP contribution in [0.15, 0.2) is 92.0 Å². The van der Waals surface area contributed by atoms with E-state index in [1.165, 1.54) is 4.90 Å². The van der Waals surface area contributed by atoms with Crippen molar-refractivity contribution < 1.29 is 29.0 Å². The highest BCUT2D eigenvalue weighted by Gasteiger charge is 2.75. The summed E-state index contributed by atoms with van der Waals surface area (Å²) in [6.45, 7) is 10.3. The van der Waals surface area contributed by atoms with Gasteiger partial charge < -0.3 is 29.3 Å². The average Bonchev–Trinajstić information content (AvgIpc) is 3.70. The molecular weight excluding hydrogens is 570 g/mol. The van der Waals surface area contributed by atoms with Crippen molar-refractivity contribution in [3.05, 3.63) is 92.0 Å². The Kier molecular flexibility index (Phi) is 8.48. The fraction of sp³-hybridized carbons (Fsp3) is 0.361. The van der Waals surface area contributed by atoms with Crippen LogP contribution in [0.1, 0.15) is 19.8 Å². The Hall–Kier alpha value is -4.47. The lowest BCUT2D eigenvalue weighted by Gasteiger charge is -2.37. The highest BCUT2D eigenvalue weighted by Crippen LogP contribution is 2.59. The summed E-state index contributed by atoms with van der Waals surface area (Å²) < 4.78 is 12.2. The largest absolute Gasteiger partial charge is 0.494 e. The maximum atomic E-state index is 14.6. The number of amides is 3. The number of aliphatic hydroxyl groups excluding tert-OH is 1. The number of nitrogens with zero attached hydrogens (tertiary/aromatic N) is 3. The maximum Gasteiger partial charge on any atom is 0.253 e. The zero-order valence-corrected chi connectivity index (χ0v) is 25.5. The van der Waals surface area contributed by atoms with E-state index < -0.39 is 29.6 Å². The predicted octanol–water partition coefficient (Wildman–Crippen LogP) is 4.34. The van der Waals surface area contributed by atoms with Gasteiger partial charge in [0, 0.05) is 31.0 Å². The zero-order valence-electron chi connectivity index (χ0n) is 25.5. The summed E-state index contributed by atoms with van der Waals surface area (Å²) in [5, 5.41) is 12.0. The third kappa shape index (κ3) is 5.10. The minimum atomic E-state index is -1.19. The van der Waals surface area contributed by atoms with Gasteiger partial charge in [-0.2, -0.15) is 0 Å². The van der Waals surface area contributed by atoms with E-state index in [1.807, 2.05) is 61.5 Å². The average molecular weight is 610 g/mol. The quantitative estimate of drug-likeness (QED) is 0.307. The van der Waals surface area contributed by atoms with E-state index in [9.17, 15) is 19.5 Å². The second kappa shape index (κ2) is 12.5. The third-order valence-electron chi connectivity index (χ3n) is 9.32. The van der Waals surface area contributed by atoms with Crippen LogP contribution in [0, 0.1) is 11.8 Å². The van der Waals surface area contributed by atoms with Crippen LogP contribution in [0.25, 0.3) is 10.8 Å². The van der Waals surface area contributed by atoms with Crippen LogP contribution in [-0.2, 0) is 19.1 Å². The molecule has 5 atom stereocenters. The first-order valence-electron chi connectivity index (χ1n) is 15.5. The Morgan fingerprint density at radius 2 is 1.67 bits per heavy atom. The first-order chi connectivity index (χ1) is 21.9. The summed E-state index contributed by atoms with van der Waals surface area (Å²) >= 11 is 0. The van der Waals surface area contributed by atoms with Crippen molar-refractivity contribution >= 4 is 39.9 Å². The molecule has 1 spiro atoms. The van der Waals surface area contributed by atoms with Crippen molar-refractivity contribution in [3.8, 4) is 5.75 Å². The number of hydrogen-bond acceptors (Lipinski definition) is 6. The normalized spacial score (nSPS) is 24.8. The number of aliphatic hydroxyl groups is 1. The molecule has 3 aromatic rings. The Morgan fingerprint density at radius 3 is 2.33 bits per heavy atom. The minimum absolute atomic E-state index is 0.0443. The van der Waals surface area contributed by atoms with Crippen molar-refractivity contribution in [1.82, 2.24) is 4.90 Å². The highest BCUT2D eigenvalue weighted by molar-refractivity contribution is 6.07. The fourth-order valence-corrected chi connectivity index (χ4v) is 7.53. The molecule has 0 aliphatic carbocycles. The predicted molar refractivity (Wildman–Crippen MR) is 173 cm³/mol. The molecular formula is C36H39N3O6. The first-order valence-corrected chi connectivity index (χ1v) is 15.5. The van der Waals surface area contributed by atoms with Crippen molar-refractivity contribution in [2.45, 2.75) is 37.5 Å². The van der Waals surface area contributed by atoms with Crippen LogP contribution in [0.5, 0.6) is 5.75 Å². The lowest BCUT2D eigenvalue weighted by atomic mass is 9.70. The number of likely N-dealkylation sites (tertiary alicyclic amines) is 1. The van der Waals surface area contributed by atoms with Crippen molar-refractivity contribution in [3.63, 3.8) is 0 Å². The number of benzene rings is 3. The number of fused-ring (bicyclic) bond motifs is 2. The van der Waals surface area contributed by atoms with Gasteiger partial charge in [0.05, 0.1) is 31.2 Å². The van der Waals surface area contributed by atoms with E-state index in [-0.39, 0.29) is 44.0 Å². The number of rotatable bonds is 12. The maximum absolute atomic E-state index is 14.6. The second-order valence-electron chi connectivity index (χ2n) is 11.7. The minimum Gasteiger partial charge on any atom is -0.494 e. The first kappa shape index (κ1) is 30.6. The molecule has 3 fully saturated rings. The molecule has 3 aliphatic rings. The summed E-state index contributed by atoms with van der Waals surface area (Å²) in [6, 6.07) is 19.9. The number of anilines is 2. The van der Waals surface area contributed by atoms with E-state index in [0.29, 0.717) is 36.6 Å². The molecule has 45 heavy (non-hydrogen) atoms. The molecule has 3 aromatic carbocycles. The Labute approximate surface area is 263 Å². The molecule has 0 aromatic heterocycles. The number of hydrogen-bond donors (Lipinski definition) is 1. The van der Waals surface area contributed by atoms with Gasteiger partial charge in [0.1, 0.15) is 17.4 Å². The molecule has 3 saturated heterocycles. The fourth-order valence-electron chi connectivity index (χ4n) is 7.53. The van der Waals surface area contributed by atoms with Gasteiger partial charge in [-0.3, -0.25) is 14.4 Å². The SMILES string of the molecule is C=CCN(C(=O)C1N(CCO)C(=O)[C@@H]2[C@H](C(=O)N(CC=C)c3ccc(OCC)cc3)[C@@H]3CCC12O3)c1ccc2ccccc2c1. The topological polar surface area (TPSA) is 99.6 Å². The Balaban J connectivity index is 1.36. The second-order valence-corrected chi connectivity index (χ2v) is 11.7. The Morgan fingerprint density at radius 1 is 1.00 bits per heavy atom. The van der Waals surface area contributed by atoms with Gasteiger partial charge in [-0.05, 0) is 66.9 Å². The molecule has 234 valence electrons. The lowest BCUT2D eigenvalue weighted by molar-refractivity contribution is -0.141. The monoisotopic (exact) mass is 609 g/mol. The van der Waals surface area contributed by atoms with Crippen molar-refractivity contribution in [1.29, 1.82) is 0 Å². The van der Waals surface area contributed by atoms with Crippen LogP contribution in [-0.4, -0.2) is 78.3 Å². The molecule has 9 nitrogen and oxygen atoms in total.